The average Bonchev–Trinajstić information content (AvgIpc) is 2.59. The van der Waals surface area contributed by atoms with Crippen molar-refractivity contribution in [3.8, 4) is 0 Å². The molecule has 1 aliphatic heterocycles. The van der Waals surface area contributed by atoms with Crippen LogP contribution >= 0.6 is 0 Å². The van der Waals surface area contributed by atoms with Crippen LogP contribution in [0.1, 0.15) is 13.8 Å². The molecule has 0 amide bonds. The molecule has 0 aromatic heterocycles. The summed E-state index contributed by atoms with van der Waals surface area (Å²) in [6.45, 7) is 6.97. The Hall–Kier alpha value is -1.07. The molecule has 1 fully saturated rings. The number of aliphatic hydroxyl groups is 3. The topological polar surface area (TPSA) is 127 Å². The molecule has 0 radical (unpaired) electrons. The Balaban J connectivity index is 2.51. The lowest BCUT2D eigenvalue weighted by Crippen LogP contribution is -2.63. The van der Waals surface area contributed by atoms with E-state index in [2.05, 4.69) is 11.9 Å². The molecule has 1 rings (SSSR count). The number of carbonyl (C=O) groups is 1. The minimum Gasteiger partial charge on any atom is -0.460 e. The van der Waals surface area contributed by atoms with Crippen LogP contribution < -0.4 is 5.32 Å². The number of carbonyl (C=O) groups excluding carboxylic acids is 1. The van der Waals surface area contributed by atoms with Gasteiger partial charge in [0, 0.05) is 19.2 Å². The molecule has 0 aliphatic carbocycles. The molecule has 4 N–H and O–H groups in total. The van der Waals surface area contributed by atoms with Crippen molar-refractivity contribution >= 4 is 5.97 Å². The van der Waals surface area contributed by atoms with E-state index in [1.807, 2.05) is 0 Å². The molecule has 0 aromatic rings. The molecule has 1 aliphatic rings. The first-order chi connectivity index (χ1) is 12.3. The minimum atomic E-state index is -0.940. The first-order valence-electron chi connectivity index (χ1n) is 8.60. The van der Waals surface area contributed by atoms with Crippen molar-refractivity contribution in [3.05, 3.63) is 12.2 Å². The van der Waals surface area contributed by atoms with E-state index in [9.17, 15) is 15.0 Å². The molecule has 3 unspecified atom stereocenters. The lowest BCUT2D eigenvalue weighted by atomic mass is 9.93. The van der Waals surface area contributed by atoms with Crippen LogP contribution in [-0.4, -0.2) is 97.9 Å². The van der Waals surface area contributed by atoms with E-state index in [1.54, 1.807) is 6.92 Å². The van der Waals surface area contributed by atoms with Crippen molar-refractivity contribution in [2.75, 3.05) is 40.1 Å². The predicted octanol–water partition coefficient (Wildman–Crippen LogP) is -1.40. The zero-order chi connectivity index (χ0) is 19.7. The molecule has 1 saturated heterocycles. The summed E-state index contributed by atoms with van der Waals surface area (Å²) in [6.07, 6.45) is -3.30. The average molecular weight is 377 g/mol. The highest BCUT2D eigenvalue weighted by Crippen LogP contribution is 2.23. The maximum Gasteiger partial charge on any atom is 0.333 e. The number of esters is 1. The SMILES string of the molecule is C=C(C)C(=O)OCC(O)CNC1[C@H](C)OC(COCCO)[C@@H](OC)[C@H]1O. The molecule has 0 aromatic carbocycles. The number of hydrogen-bond acceptors (Lipinski definition) is 9. The van der Waals surface area contributed by atoms with Gasteiger partial charge >= 0.3 is 5.97 Å². The van der Waals surface area contributed by atoms with Gasteiger partial charge in [0.15, 0.2) is 0 Å². The van der Waals surface area contributed by atoms with Gasteiger partial charge in [-0.3, -0.25) is 0 Å². The predicted molar refractivity (Wildman–Crippen MR) is 92.6 cm³/mol. The maximum atomic E-state index is 11.3. The highest BCUT2D eigenvalue weighted by Gasteiger charge is 2.43. The molecule has 26 heavy (non-hydrogen) atoms. The highest BCUT2D eigenvalue weighted by molar-refractivity contribution is 5.86. The number of ether oxygens (including phenoxy) is 4. The van der Waals surface area contributed by atoms with Gasteiger partial charge in [0.25, 0.3) is 0 Å². The standard InChI is InChI=1S/C17H31NO8/c1-10(2)17(22)25-8-12(20)7-18-14-11(3)26-13(9-24-6-5-19)16(23-4)15(14)21/h11-16,18-21H,1,5-9H2,2-4H3/t11-,12?,13?,14?,15-,16+/m0/s1. The number of aliphatic hydroxyl groups excluding tert-OH is 3. The first-order valence-corrected chi connectivity index (χ1v) is 8.60. The minimum absolute atomic E-state index is 0.0967. The van der Waals surface area contributed by atoms with Gasteiger partial charge in [0.1, 0.15) is 31.0 Å². The Bertz CT molecular complexity index is 446. The van der Waals surface area contributed by atoms with E-state index >= 15 is 0 Å². The van der Waals surface area contributed by atoms with E-state index in [0.29, 0.717) is 0 Å². The number of hydrogen-bond donors (Lipinski definition) is 4. The van der Waals surface area contributed by atoms with E-state index in [1.165, 1.54) is 14.0 Å². The fourth-order valence-corrected chi connectivity index (χ4v) is 2.74. The summed E-state index contributed by atoms with van der Waals surface area (Å²) in [5.41, 5.74) is 0.257. The van der Waals surface area contributed by atoms with Crippen LogP contribution in [0, 0.1) is 0 Å². The van der Waals surface area contributed by atoms with Crippen LogP contribution in [0.3, 0.4) is 0 Å². The summed E-state index contributed by atoms with van der Waals surface area (Å²) < 4.78 is 21.4. The van der Waals surface area contributed by atoms with Gasteiger partial charge in [-0.1, -0.05) is 6.58 Å². The summed E-state index contributed by atoms with van der Waals surface area (Å²) >= 11 is 0. The van der Waals surface area contributed by atoms with Gasteiger partial charge in [0.2, 0.25) is 0 Å². The Kier molecular flexibility index (Phi) is 10.3. The monoisotopic (exact) mass is 377 g/mol. The molecule has 152 valence electrons. The number of rotatable bonds is 11. The van der Waals surface area contributed by atoms with Gasteiger partial charge in [0.05, 0.1) is 32.0 Å². The molecular weight excluding hydrogens is 346 g/mol. The summed E-state index contributed by atoms with van der Waals surface area (Å²) in [7, 11) is 1.47. The van der Waals surface area contributed by atoms with Crippen LogP contribution in [0.15, 0.2) is 12.2 Å². The van der Waals surface area contributed by atoms with Crippen LogP contribution in [0.2, 0.25) is 0 Å². The lowest BCUT2D eigenvalue weighted by Gasteiger charge is -2.43. The summed E-state index contributed by atoms with van der Waals surface area (Å²) in [4.78, 5) is 11.3. The van der Waals surface area contributed by atoms with Crippen LogP contribution in [0.4, 0.5) is 0 Å². The van der Waals surface area contributed by atoms with Gasteiger partial charge in [-0.05, 0) is 13.8 Å². The number of methoxy groups -OCH3 is 1. The molecule has 1 heterocycles. The van der Waals surface area contributed by atoms with Crippen molar-refractivity contribution < 1.29 is 39.1 Å². The van der Waals surface area contributed by atoms with Crippen LogP contribution in [0.5, 0.6) is 0 Å². The van der Waals surface area contributed by atoms with Crippen molar-refractivity contribution in [1.29, 1.82) is 0 Å². The fraction of sp³-hybridized carbons (Fsp3) is 0.824. The van der Waals surface area contributed by atoms with E-state index in [4.69, 9.17) is 24.1 Å². The molecular formula is C17H31NO8. The third-order valence-electron chi connectivity index (χ3n) is 4.10. The molecule has 6 atom stereocenters. The molecule has 9 nitrogen and oxygen atoms in total. The number of nitrogens with one attached hydrogen (secondary N) is 1. The first kappa shape index (κ1) is 23.0. The normalized spacial score (nSPS) is 30.0. The van der Waals surface area contributed by atoms with Crippen molar-refractivity contribution in [2.24, 2.45) is 0 Å². The fourth-order valence-electron chi connectivity index (χ4n) is 2.74. The second-order valence-electron chi connectivity index (χ2n) is 6.34. The van der Waals surface area contributed by atoms with Gasteiger partial charge in [-0.15, -0.1) is 0 Å². The van der Waals surface area contributed by atoms with Crippen molar-refractivity contribution in [1.82, 2.24) is 5.32 Å². The second-order valence-corrected chi connectivity index (χ2v) is 6.34. The summed E-state index contributed by atoms with van der Waals surface area (Å²) in [5.74, 6) is -0.566. The molecule has 0 bridgehead atoms. The van der Waals surface area contributed by atoms with Gasteiger partial charge in [-0.25, -0.2) is 4.79 Å². The van der Waals surface area contributed by atoms with E-state index in [-0.39, 0.29) is 44.6 Å². The zero-order valence-corrected chi connectivity index (χ0v) is 15.6. The Morgan fingerprint density at radius 1 is 1.42 bits per heavy atom. The summed E-state index contributed by atoms with van der Waals surface area (Å²) in [5, 5.41) is 32.3. The molecule has 0 saturated carbocycles. The van der Waals surface area contributed by atoms with Crippen LogP contribution in [-0.2, 0) is 23.7 Å². The zero-order valence-electron chi connectivity index (χ0n) is 15.6. The Labute approximate surface area is 153 Å². The second kappa shape index (κ2) is 11.6. The van der Waals surface area contributed by atoms with E-state index in [0.717, 1.165) is 0 Å². The van der Waals surface area contributed by atoms with Gasteiger partial charge in [-0.2, -0.15) is 0 Å². The largest absolute Gasteiger partial charge is 0.460 e. The maximum absolute atomic E-state index is 11.3. The molecule has 9 heteroatoms. The highest BCUT2D eigenvalue weighted by atomic mass is 16.6. The van der Waals surface area contributed by atoms with Crippen molar-refractivity contribution in [3.63, 3.8) is 0 Å². The molecule has 0 spiro atoms. The smallest absolute Gasteiger partial charge is 0.333 e. The van der Waals surface area contributed by atoms with Crippen molar-refractivity contribution in [2.45, 2.75) is 50.4 Å². The quantitative estimate of drug-likeness (QED) is 0.195. The summed E-state index contributed by atoms with van der Waals surface area (Å²) in [6, 6.07) is -0.486. The third kappa shape index (κ3) is 6.92. The Morgan fingerprint density at radius 2 is 2.12 bits per heavy atom. The lowest BCUT2D eigenvalue weighted by molar-refractivity contribution is -0.204. The Morgan fingerprint density at radius 3 is 2.69 bits per heavy atom. The van der Waals surface area contributed by atoms with Crippen LogP contribution in [0.25, 0.3) is 0 Å². The van der Waals surface area contributed by atoms with E-state index < -0.39 is 36.4 Å². The third-order valence-corrected chi connectivity index (χ3v) is 4.10. The van der Waals surface area contributed by atoms with Gasteiger partial charge < -0.3 is 39.6 Å².